The van der Waals surface area contributed by atoms with Crippen LogP contribution >= 0.6 is 0 Å². The van der Waals surface area contributed by atoms with E-state index in [0.29, 0.717) is 0 Å². The van der Waals surface area contributed by atoms with E-state index in [-0.39, 0.29) is 0 Å². The summed E-state index contributed by atoms with van der Waals surface area (Å²) in [5.41, 5.74) is 0. The normalized spacial score (nSPS) is 32.1. The molecule has 2 saturated carbocycles. The van der Waals surface area contributed by atoms with Gasteiger partial charge in [-0.3, -0.25) is 4.99 Å². The molecular weight excluding hydrogens is 296 g/mol. The molecule has 0 amide bonds. The van der Waals surface area contributed by atoms with Crippen molar-refractivity contribution < 1.29 is 0 Å². The molecule has 0 aromatic rings. The van der Waals surface area contributed by atoms with Crippen molar-refractivity contribution in [3.8, 4) is 0 Å². The second-order valence-corrected chi connectivity index (χ2v) is 8.58. The Hall–Kier alpha value is -0.770. The van der Waals surface area contributed by atoms with Crippen LogP contribution in [0.4, 0.5) is 0 Å². The van der Waals surface area contributed by atoms with Crippen molar-refractivity contribution in [3.63, 3.8) is 0 Å². The Kier molecular flexibility index (Phi) is 6.43. The molecule has 3 aliphatic rings. The molecular formula is C20H38N4. The highest BCUT2D eigenvalue weighted by Gasteiger charge is 2.34. The van der Waals surface area contributed by atoms with Gasteiger partial charge in [0.25, 0.3) is 0 Å². The van der Waals surface area contributed by atoms with Gasteiger partial charge in [-0.15, -0.1) is 0 Å². The number of guanidine groups is 1. The summed E-state index contributed by atoms with van der Waals surface area (Å²) in [7, 11) is 2.23. The number of rotatable bonds is 6. The average molecular weight is 335 g/mol. The highest BCUT2D eigenvalue weighted by molar-refractivity contribution is 5.79. The number of nitrogens with one attached hydrogen (secondary N) is 1. The highest BCUT2D eigenvalue weighted by atomic mass is 15.3. The number of likely N-dealkylation sites (tertiary alicyclic amines) is 1. The number of nitrogens with zero attached hydrogens (tertiary/aromatic N) is 3. The summed E-state index contributed by atoms with van der Waals surface area (Å²) < 4.78 is 0. The van der Waals surface area contributed by atoms with Gasteiger partial charge < -0.3 is 15.1 Å². The molecule has 138 valence electrons. The Labute approximate surface area is 149 Å². The molecule has 0 aromatic heterocycles. The second kappa shape index (κ2) is 8.55. The van der Waals surface area contributed by atoms with Gasteiger partial charge in [0, 0.05) is 39.3 Å². The third-order valence-electron chi connectivity index (χ3n) is 6.24. The van der Waals surface area contributed by atoms with Crippen molar-refractivity contribution >= 4 is 5.96 Å². The minimum atomic E-state index is 0.767. The molecule has 1 saturated heterocycles. The van der Waals surface area contributed by atoms with Crippen LogP contribution in [-0.4, -0.2) is 61.6 Å². The number of aliphatic imine (C=N–C) groups is 1. The van der Waals surface area contributed by atoms with E-state index in [9.17, 15) is 0 Å². The lowest BCUT2D eigenvalue weighted by Gasteiger charge is -2.31. The Bertz CT molecular complexity index is 410. The van der Waals surface area contributed by atoms with Gasteiger partial charge in [-0.25, -0.2) is 0 Å². The van der Waals surface area contributed by atoms with E-state index in [1.54, 1.807) is 0 Å². The Balaban J connectivity index is 1.47. The van der Waals surface area contributed by atoms with Crippen molar-refractivity contribution in [1.82, 2.24) is 15.1 Å². The Morgan fingerprint density at radius 3 is 2.50 bits per heavy atom. The number of hydrogen-bond donors (Lipinski definition) is 1. The van der Waals surface area contributed by atoms with Gasteiger partial charge >= 0.3 is 0 Å². The lowest BCUT2D eigenvalue weighted by atomic mass is 9.83. The zero-order valence-electron chi connectivity index (χ0n) is 16.1. The van der Waals surface area contributed by atoms with Gasteiger partial charge in [0.15, 0.2) is 5.96 Å². The maximum Gasteiger partial charge on any atom is 0.193 e. The van der Waals surface area contributed by atoms with Crippen LogP contribution in [0.5, 0.6) is 0 Å². The van der Waals surface area contributed by atoms with E-state index >= 15 is 0 Å². The zero-order chi connectivity index (χ0) is 16.9. The fourth-order valence-corrected chi connectivity index (χ4v) is 4.45. The van der Waals surface area contributed by atoms with Gasteiger partial charge in [0.1, 0.15) is 0 Å². The molecule has 0 aromatic carbocycles. The van der Waals surface area contributed by atoms with Crippen molar-refractivity contribution in [2.75, 3.05) is 39.8 Å². The standard InChI is InChI=1S/C20H38N4/c1-4-21-20(23(3)14-17-7-5-16(2)6-8-17)22-13-18-11-12-24(15-18)19-9-10-19/h16-19H,4-15H2,1-3H3,(H,21,22). The maximum absolute atomic E-state index is 4.99. The molecule has 0 radical (unpaired) electrons. The van der Waals surface area contributed by atoms with Crippen LogP contribution in [-0.2, 0) is 0 Å². The molecule has 0 bridgehead atoms. The summed E-state index contributed by atoms with van der Waals surface area (Å²) in [6.45, 7) is 10.3. The smallest absolute Gasteiger partial charge is 0.193 e. The maximum atomic E-state index is 4.99. The predicted molar refractivity (Wildman–Crippen MR) is 102 cm³/mol. The molecule has 1 heterocycles. The van der Waals surface area contributed by atoms with Crippen molar-refractivity contribution in [2.45, 2.75) is 64.8 Å². The summed E-state index contributed by atoms with van der Waals surface area (Å²) in [6.07, 6.45) is 9.80. The third kappa shape index (κ3) is 5.11. The van der Waals surface area contributed by atoms with E-state index in [1.807, 2.05) is 0 Å². The van der Waals surface area contributed by atoms with E-state index in [4.69, 9.17) is 4.99 Å². The lowest BCUT2D eigenvalue weighted by Crippen LogP contribution is -2.42. The molecule has 1 aliphatic heterocycles. The van der Waals surface area contributed by atoms with E-state index < -0.39 is 0 Å². The monoisotopic (exact) mass is 334 g/mol. The van der Waals surface area contributed by atoms with Gasteiger partial charge in [-0.2, -0.15) is 0 Å². The summed E-state index contributed by atoms with van der Waals surface area (Å²) in [6, 6.07) is 0.920. The summed E-state index contributed by atoms with van der Waals surface area (Å²) in [5.74, 6) is 3.68. The van der Waals surface area contributed by atoms with Crippen molar-refractivity contribution in [1.29, 1.82) is 0 Å². The molecule has 4 nitrogen and oxygen atoms in total. The molecule has 2 aliphatic carbocycles. The molecule has 4 heteroatoms. The average Bonchev–Trinajstić information content (AvgIpc) is 3.32. The molecule has 24 heavy (non-hydrogen) atoms. The van der Waals surface area contributed by atoms with E-state index in [1.165, 1.54) is 58.0 Å². The van der Waals surface area contributed by atoms with Gasteiger partial charge in [0.05, 0.1) is 0 Å². The first kappa shape index (κ1) is 18.0. The second-order valence-electron chi connectivity index (χ2n) is 8.58. The van der Waals surface area contributed by atoms with Crippen molar-refractivity contribution in [2.24, 2.45) is 22.7 Å². The van der Waals surface area contributed by atoms with Gasteiger partial charge in [0.2, 0.25) is 0 Å². The fourth-order valence-electron chi connectivity index (χ4n) is 4.45. The topological polar surface area (TPSA) is 30.9 Å². The summed E-state index contributed by atoms with van der Waals surface area (Å²) >= 11 is 0. The van der Waals surface area contributed by atoms with Crippen LogP contribution in [0, 0.1) is 17.8 Å². The van der Waals surface area contributed by atoms with Crippen LogP contribution in [0.3, 0.4) is 0 Å². The first-order valence-corrected chi connectivity index (χ1v) is 10.4. The lowest BCUT2D eigenvalue weighted by molar-refractivity contribution is 0.250. The SMILES string of the molecule is CCNC(=NCC1CCN(C2CC2)C1)N(C)CC1CCC(C)CC1. The zero-order valence-corrected chi connectivity index (χ0v) is 16.1. The summed E-state index contributed by atoms with van der Waals surface area (Å²) in [4.78, 5) is 10.1. The first-order valence-electron chi connectivity index (χ1n) is 10.4. The minimum absolute atomic E-state index is 0.767. The van der Waals surface area contributed by atoms with Crippen LogP contribution < -0.4 is 5.32 Å². The molecule has 3 fully saturated rings. The highest BCUT2D eigenvalue weighted by Crippen LogP contribution is 2.32. The van der Waals surface area contributed by atoms with Crippen LogP contribution in [0.15, 0.2) is 4.99 Å². The molecule has 1 unspecified atom stereocenters. The van der Waals surface area contributed by atoms with Crippen LogP contribution in [0.25, 0.3) is 0 Å². The number of hydrogen-bond acceptors (Lipinski definition) is 2. The van der Waals surface area contributed by atoms with E-state index in [0.717, 1.165) is 49.4 Å². The Morgan fingerprint density at radius 2 is 1.83 bits per heavy atom. The molecule has 0 spiro atoms. The quantitative estimate of drug-likeness (QED) is 0.598. The van der Waals surface area contributed by atoms with Gasteiger partial charge in [-0.05, 0) is 63.3 Å². The van der Waals surface area contributed by atoms with Crippen LogP contribution in [0.1, 0.15) is 58.8 Å². The van der Waals surface area contributed by atoms with E-state index in [2.05, 4.69) is 36.0 Å². The fraction of sp³-hybridized carbons (Fsp3) is 0.950. The Morgan fingerprint density at radius 1 is 1.08 bits per heavy atom. The van der Waals surface area contributed by atoms with Crippen LogP contribution in [0.2, 0.25) is 0 Å². The largest absolute Gasteiger partial charge is 0.357 e. The molecule has 1 atom stereocenters. The first-order chi connectivity index (χ1) is 11.7. The summed E-state index contributed by atoms with van der Waals surface area (Å²) in [5, 5.41) is 3.51. The predicted octanol–water partition coefficient (Wildman–Crippen LogP) is 3.19. The van der Waals surface area contributed by atoms with Gasteiger partial charge in [-0.1, -0.05) is 19.8 Å². The minimum Gasteiger partial charge on any atom is -0.357 e. The molecule has 3 rings (SSSR count). The third-order valence-corrected chi connectivity index (χ3v) is 6.24. The molecule has 1 N–H and O–H groups in total. The van der Waals surface area contributed by atoms with Crippen molar-refractivity contribution in [3.05, 3.63) is 0 Å².